The van der Waals surface area contributed by atoms with Gasteiger partial charge >= 0.3 is 0 Å². The van der Waals surface area contributed by atoms with Crippen LogP contribution in [0.3, 0.4) is 0 Å². The van der Waals surface area contributed by atoms with Crippen molar-refractivity contribution < 1.29 is 9.47 Å². The molecule has 0 radical (unpaired) electrons. The number of halogens is 2. The van der Waals surface area contributed by atoms with Gasteiger partial charge in [0.1, 0.15) is 0 Å². The van der Waals surface area contributed by atoms with Gasteiger partial charge in [0.05, 0.1) is 0 Å². The molecule has 2 rings (SSSR count). The highest BCUT2D eigenvalue weighted by molar-refractivity contribution is 5.85. The van der Waals surface area contributed by atoms with Crippen molar-refractivity contribution >= 4 is 30.5 Å². The maximum Gasteiger partial charge on any atom is 0.231 e. The fourth-order valence-corrected chi connectivity index (χ4v) is 1.49. The van der Waals surface area contributed by atoms with Gasteiger partial charge in [-0.25, -0.2) is 0 Å². The van der Waals surface area contributed by atoms with Crippen molar-refractivity contribution in [2.24, 2.45) is 0 Å². The molecule has 1 heterocycles. The summed E-state index contributed by atoms with van der Waals surface area (Å²) in [5.74, 6) is 1.58. The van der Waals surface area contributed by atoms with E-state index >= 15 is 0 Å². The van der Waals surface area contributed by atoms with E-state index in [2.05, 4.69) is 6.92 Å². The molecule has 0 fully saturated rings. The highest BCUT2D eigenvalue weighted by Crippen LogP contribution is 2.36. The van der Waals surface area contributed by atoms with E-state index in [1.807, 2.05) is 12.1 Å². The van der Waals surface area contributed by atoms with Gasteiger partial charge in [0.25, 0.3) is 0 Å². The molecular formula is C10H15Cl2NO2. The number of anilines is 1. The Bertz CT molecular complexity index is 331. The summed E-state index contributed by atoms with van der Waals surface area (Å²) >= 11 is 0. The van der Waals surface area contributed by atoms with Crippen LogP contribution in [-0.2, 0) is 6.42 Å². The number of aryl methyl sites for hydroxylation is 1. The maximum atomic E-state index is 5.84. The second kappa shape index (κ2) is 5.93. The van der Waals surface area contributed by atoms with Gasteiger partial charge in [-0.3, -0.25) is 0 Å². The first kappa shape index (κ1) is 14.2. The number of fused-ring (bicyclic) bond motifs is 1. The molecule has 1 aliphatic heterocycles. The number of benzene rings is 1. The van der Waals surface area contributed by atoms with Gasteiger partial charge in [-0.05, 0) is 18.1 Å². The summed E-state index contributed by atoms with van der Waals surface area (Å²) in [6.45, 7) is 2.44. The Hall–Kier alpha value is -0.800. The minimum absolute atomic E-state index is 0. The van der Waals surface area contributed by atoms with E-state index in [0.717, 1.165) is 35.6 Å². The van der Waals surface area contributed by atoms with Crippen LogP contribution in [0.1, 0.15) is 18.9 Å². The fourth-order valence-electron chi connectivity index (χ4n) is 1.49. The summed E-state index contributed by atoms with van der Waals surface area (Å²) in [6, 6.07) is 3.81. The molecule has 0 bridgehead atoms. The Balaban J connectivity index is 0.000000980. The van der Waals surface area contributed by atoms with E-state index < -0.39 is 0 Å². The second-order valence-corrected chi connectivity index (χ2v) is 3.15. The Labute approximate surface area is 102 Å². The second-order valence-electron chi connectivity index (χ2n) is 3.15. The molecule has 2 N–H and O–H groups in total. The first-order chi connectivity index (χ1) is 6.31. The first-order valence-electron chi connectivity index (χ1n) is 4.49. The zero-order valence-electron chi connectivity index (χ0n) is 8.49. The Morgan fingerprint density at radius 3 is 2.40 bits per heavy atom. The summed E-state index contributed by atoms with van der Waals surface area (Å²) in [4.78, 5) is 0. The third kappa shape index (κ3) is 2.83. The number of ether oxygens (including phenoxy) is 2. The normalized spacial score (nSPS) is 11.5. The minimum atomic E-state index is 0. The molecule has 0 aromatic heterocycles. The van der Waals surface area contributed by atoms with E-state index in [4.69, 9.17) is 15.2 Å². The van der Waals surface area contributed by atoms with E-state index in [1.54, 1.807) is 0 Å². The lowest BCUT2D eigenvalue weighted by Gasteiger charge is -2.05. The van der Waals surface area contributed by atoms with Gasteiger partial charge in [-0.1, -0.05) is 13.3 Å². The quantitative estimate of drug-likeness (QED) is 0.823. The molecule has 5 heteroatoms. The lowest BCUT2D eigenvalue weighted by atomic mass is 10.1. The molecule has 0 saturated carbocycles. The Morgan fingerprint density at radius 2 is 1.80 bits per heavy atom. The first-order valence-corrected chi connectivity index (χ1v) is 4.49. The van der Waals surface area contributed by atoms with E-state index in [1.165, 1.54) is 0 Å². The van der Waals surface area contributed by atoms with Crippen LogP contribution < -0.4 is 15.2 Å². The molecule has 1 aromatic carbocycles. The molecule has 0 saturated heterocycles. The number of rotatable bonds is 2. The van der Waals surface area contributed by atoms with Crippen molar-refractivity contribution in [3.8, 4) is 11.5 Å². The van der Waals surface area contributed by atoms with Gasteiger partial charge in [-0.15, -0.1) is 24.8 Å². The highest BCUT2D eigenvalue weighted by atomic mass is 35.5. The number of nitrogens with two attached hydrogens (primary N) is 1. The van der Waals surface area contributed by atoms with Crippen LogP contribution in [0.25, 0.3) is 0 Å². The third-order valence-electron chi connectivity index (χ3n) is 2.15. The molecule has 1 aliphatic rings. The molecule has 86 valence electrons. The van der Waals surface area contributed by atoms with Crippen molar-refractivity contribution in [3.63, 3.8) is 0 Å². The Kier molecular flexibility index (Phi) is 5.61. The van der Waals surface area contributed by atoms with Crippen LogP contribution in [0.15, 0.2) is 12.1 Å². The largest absolute Gasteiger partial charge is 0.454 e. The van der Waals surface area contributed by atoms with Crippen LogP contribution in [0.5, 0.6) is 11.5 Å². The van der Waals surface area contributed by atoms with Crippen molar-refractivity contribution in [1.29, 1.82) is 0 Å². The van der Waals surface area contributed by atoms with E-state index in [9.17, 15) is 0 Å². The van der Waals surface area contributed by atoms with Crippen LogP contribution >= 0.6 is 24.8 Å². The average molecular weight is 252 g/mol. The fraction of sp³-hybridized carbons (Fsp3) is 0.400. The summed E-state index contributed by atoms with van der Waals surface area (Å²) in [5, 5.41) is 0. The zero-order valence-corrected chi connectivity index (χ0v) is 10.1. The van der Waals surface area contributed by atoms with Gasteiger partial charge in [0.2, 0.25) is 6.79 Å². The third-order valence-corrected chi connectivity index (χ3v) is 2.15. The topological polar surface area (TPSA) is 44.5 Å². The molecule has 1 aromatic rings. The van der Waals surface area contributed by atoms with Gasteiger partial charge in [0, 0.05) is 11.8 Å². The van der Waals surface area contributed by atoms with Crippen LogP contribution in [0.2, 0.25) is 0 Å². The van der Waals surface area contributed by atoms with Crippen LogP contribution in [0.4, 0.5) is 5.69 Å². The lowest BCUT2D eigenvalue weighted by molar-refractivity contribution is 0.174. The summed E-state index contributed by atoms with van der Waals surface area (Å²) in [5.41, 5.74) is 7.79. The molecular weight excluding hydrogens is 237 g/mol. The lowest BCUT2D eigenvalue weighted by Crippen LogP contribution is -1.93. The van der Waals surface area contributed by atoms with Crippen molar-refractivity contribution in [1.82, 2.24) is 0 Å². The van der Waals surface area contributed by atoms with Crippen LogP contribution in [0, 0.1) is 0 Å². The zero-order chi connectivity index (χ0) is 9.26. The van der Waals surface area contributed by atoms with Crippen molar-refractivity contribution in [3.05, 3.63) is 17.7 Å². The van der Waals surface area contributed by atoms with E-state index in [0.29, 0.717) is 6.79 Å². The monoisotopic (exact) mass is 251 g/mol. The standard InChI is InChI=1S/C10H13NO2.2ClH/c1-2-3-7-4-9-10(5-8(7)11)13-6-12-9;;/h4-5H,2-3,6,11H2,1H3;2*1H. The predicted molar refractivity (Wildman–Crippen MR) is 65.5 cm³/mol. The highest BCUT2D eigenvalue weighted by Gasteiger charge is 2.15. The minimum Gasteiger partial charge on any atom is -0.454 e. The predicted octanol–water partition coefficient (Wildman–Crippen LogP) is 2.79. The number of hydrogen-bond donors (Lipinski definition) is 1. The van der Waals surface area contributed by atoms with Crippen molar-refractivity contribution in [2.75, 3.05) is 12.5 Å². The van der Waals surface area contributed by atoms with Gasteiger partial charge in [0.15, 0.2) is 11.5 Å². The van der Waals surface area contributed by atoms with Crippen LogP contribution in [-0.4, -0.2) is 6.79 Å². The maximum absolute atomic E-state index is 5.84. The molecule has 15 heavy (non-hydrogen) atoms. The van der Waals surface area contributed by atoms with Gasteiger partial charge < -0.3 is 15.2 Å². The smallest absolute Gasteiger partial charge is 0.231 e. The number of nitrogen functional groups attached to an aromatic ring is 1. The molecule has 0 amide bonds. The summed E-state index contributed by atoms with van der Waals surface area (Å²) in [6.07, 6.45) is 2.08. The summed E-state index contributed by atoms with van der Waals surface area (Å²) in [7, 11) is 0. The van der Waals surface area contributed by atoms with Gasteiger partial charge in [-0.2, -0.15) is 0 Å². The van der Waals surface area contributed by atoms with E-state index in [-0.39, 0.29) is 24.8 Å². The average Bonchev–Trinajstić information content (AvgIpc) is 2.52. The number of hydrogen-bond acceptors (Lipinski definition) is 3. The molecule has 0 atom stereocenters. The molecule has 0 unspecified atom stereocenters. The molecule has 0 spiro atoms. The van der Waals surface area contributed by atoms with Crippen molar-refractivity contribution in [2.45, 2.75) is 19.8 Å². The molecule has 3 nitrogen and oxygen atoms in total. The SMILES string of the molecule is CCCc1cc2c(cc1N)OCO2.Cl.Cl. The Morgan fingerprint density at radius 1 is 1.20 bits per heavy atom. The molecule has 0 aliphatic carbocycles. The summed E-state index contributed by atoms with van der Waals surface area (Å²) < 4.78 is 10.5.